The van der Waals surface area contributed by atoms with Gasteiger partial charge in [-0.25, -0.2) is 8.42 Å². The Balaban J connectivity index is 2.61. The zero-order valence-corrected chi connectivity index (χ0v) is 9.47. The highest BCUT2D eigenvalue weighted by atomic mass is 32.2. The minimum absolute atomic E-state index is 0.106. The third-order valence-corrected chi connectivity index (χ3v) is 4.62. The van der Waals surface area contributed by atoms with E-state index in [1.54, 1.807) is 0 Å². The summed E-state index contributed by atoms with van der Waals surface area (Å²) in [4.78, 5) is 2.34. The van der Waals surface area contributed by atoms with Crippen LogP contribution in [0.5, 0.6) is 0 Å². The van der Waals surface area contributed by atoms with Gasteiger partial charge in [-0.05, 0) is 32.9 Å². The van der Waals surface area contributed by atoms with Gasteiger partial charge >= 0.3 is 0 Å². The summed E-state index contributed by atoms with van der Waals surface area (Å²) in [6.07, 6.45) is 2.95. The van der Waals surface area contributed by atoms with Crippen molar-refractivity contribution in [2.24, 2.45) is 0 Å². The summed E-state index contributed by atoms with van der Waals surface area (Å²) in [6, 6.07) is 0.415. The van der Waals surface area contributed by atoms with Crippen LogP contribution < -0.4 is 0 Å². The number of nitrogens with zero attached hydrogens (tertiary/aromatic N) is 1. The molecule has 3 nitrogen and oxygen atoms in total. The predicted octanol–water partition coefficient (Wildman–Crippen LogP) is 0.904. The molecule has 0 aliphatic carbocycles. The average molecular weight is 205 g/mol. The van der Waals surface area contributed by atoms with E-state index in [9.17, 15) is 8.42 Å². The predicted molar refractivity (Wildman–Crippen MR) is 54.6 cm³/mol. The fraction of sp³-hybridized carbons (Fsp3) is 1.00. The van der Waals surface area contributed by atoms with Crippen LogP contribution in [0.15, 0.2) is 0 Å². The third-order valence-electron chi connectivity index (χ3n) is 2.98. The maximum atomic E-state index is 11.3. The molecule has 0 bridgehead atoms. The second kappa shape index (κ2) is 3.96. The van der Waals surface area contributed by atoms with E-state index in [2.05, 4.69) is 18.7 Å². The Labute approximate surface area is 81.0 Å². The number of rotatable bonds is 2. The first-order valence-corrected chi connectivity index (χ1v) is 6.83. The maximum absolute atomic E-state index is 11.3. The van der Waals surface area contributed by atoms with Crippen molar-refractivity contribution < 1.29 is 8.42 Å². The van der Waals surface area contributed by atoms with Gasteiger partial charge in [-0.2, -0.15) is 0 Å². The van der Waals surface area contributed by atoms with Crippen molar-refractivity contribution in [3.8, 4) is 0 Å². The van der Waals surface area contributed by atoms with E-state index in [0.717, 1.165) is 25.9 Å². The molecule has 0 spiro atoms. The summed E-state index contributed by atoms with van der Waals surface area (Å²) in [6.45, 7) is 6.19. The first-order valence-electron chi connectivity index (χ1n) is 4.88. The fourth-order valence-electron chi connectivity index (χ4n) is 2.04. The van der Waals surface area contributed by atoms with Gasteiger partial charge in [0.15, 0.2) is 0 Å². The SMILES string of the molecule is CCN1CCC(S(C)(=O)=O)C[C@@H]1C. The summed E-state index contributed by atoms with van der Waals surface area (Å²) in [7, 11) is -2.82. The van der Waals surface area contributed by atoms with Crippen molar-refractivity contribution in [3.63, 3.8) is 0 Å². The van der Waals surface area contributed by atoms with Gasteiger partial charge in [-0.3, -0.25) is 0 Å². The molecule has 4 heteroatoms. The van der Waals surface area contributed by atoms with E-state index in [1.807, 2.05) is 0 Å². The van der Waals surface area contributed by atoms with Gasteiger partial charge in [0.1, 0.15) is 9.84 Å². The number of piperidine rings is 1. The third kappa shape index (κ3) is 2.68. The molecule has 0 radical (unpaired) electrons. The van der Waals surface area contributed by atoms with Gasteiger partial charge in [0.05, 0.1) is 5.25 Å². The molecule has 1 fully saturated rings. The molecule has 1 saturated heterocycles. The zero-order chi connectivity index (χ0) is 10.1. The Hall–Kier alpha value is -0.0900. The first kappa shape index (κ1) is 11.0. The topological polar surface area (TPSA) is 37.4 Å². The lowest BCUT2D eigenvalue weighted by Gasteiger charge is -2.36. The second-order valence-corrected chi connectivity index (χ2v) is 6.28. The smallest absolute Gasteiger partial charge is 0.150 e. The summed E-state index contributed by atoms with van der Waals surface area (Å²) in [5.74, 6) is 0. The van der Waals surface area contributed by atoms with E-state index >= 15 is 0 Å². The van der Waals surface area contributed by atoms with Gasteiger partial charge in [0.2, 0.25) is 0 Å². The molecule has 13 heavy (non-hydrogen) atoms. The average Bonchev–Trinajstić information content (AvgIpc) is 2.02. The van der Waals surface area contributed by atoms with E-state index in [0.29, 0.717) is 6.04 Å². The molecule has 1 aliphatic heterocycles. The molecule has 0 N–H and O–H groups in total. The number of hydrogen-bond acceptors (Lipinski definition) is 3. The normalized spacial score (nSPS) is 31.9. The lowest BCUT2D eigenvalue weighted by Crippen LogP contribution is -2.44. The van der Waals surface area contributed by atoms with Crippen LogP contribution in [0.4, 0.5) is 0 Å². The summed E-state index contributed by atoms with van der Waals surface area (Å²) in [5.41, 5.74) is 0. The Morgan fingerprint density at radius 2 is 2.08 bits per heavy atom. The number of sulfone groups is 1. The molecule has 0 amide bonds. The Kier molecular flexibility index (Phi) is 3.35. The van der Waals surface area contributed by atoms with Crippen LogP contribution in [-0.2, 0) is 9.84 Å². The first-order chi connectivity index (χ1) is 5.95. The van der Waals surface area contributed by atoms with Crippen molar-refractivity contribution in [1.82, 2.24) is 4.90 Å². The minimum Gasteiger partial charge on any atom is -0.301 e. The second-order valence-electron chi connectivity index (χ2n) is 3.95. The van der Waals surface area contributed by atoms with Gasteiger partial charge in [0, 0.05) is 12.3 Å². The lowest BCUT2D eigenvalue weighted by atomic mass is 10.0. The largest absolute Gasteiger partial charge is 0.301 e. The van der Waals surface area contributed by atoms with Crippen LogP contribution in [0.2, 0.25) is 0 Å². The van der Waals surface area contributed by atoms with Crippen molar-refractivity contribution in [1.29, 1.82) is 0 Å². The highest BCUT2D eigenvalue weighted by Gasteiger charge is 2.30. The maximum Gasteiger partial charge on any atom is 0.150 e. The standard InChI is InChI=1S/C9H19NO2S/c1-4-10-6-5-9(7-8(10)2)13(3,11)12/h8-9H,4-7H2,1-3H3/t8-,9?/m0/s1. The molecule has 78 valence electrons. The molecule has 0 aromatic rings. The fourth-order valence-corrected chi connectivity index (χ4v) is 3.20. The van der Waals surface area contributed by atoms with Crippen LogP contribution in [-0.4, -0.2) is 44.0 Å². The van der Waals surface area contributed by atoms with Crippen LogP contribution in [0.3, 0.4) is 0 Å². The van der Waals surface area contributed by atoms with E-state index in [4.69, 9.17) is 0 Å². The molecule has 1 aliphatic rings. The molecule has 1 unspecified atom stereocenters. The highest BCUT2D eigenvalue weighted by Crippen LogP contribution is 2.21. The summed E-state index contributed by atoms with van der Waals surface area (Å²) in [5, 5.41) is -0.106. The molecular formula is C9H19NO2S. The molecule has 0 saturated carbocycles. The molecule has 1 heterocycles. The molecular weight excluding hydrogens is 186 g/mol. The zero-order valence-electron chi connectivity index (χ0n) is 8.66. The van der Waals surface area contributed by atoms with Crippen LogP contribution in [0.1, 0.15) is 26.7 Å². The van der Waals surface area contributed by atoms with Crippen molar-refractivity contribution in [2.75, 3.05) is 19.3 Å². The van der Waals surface area contributed by atoms with Gasteiger partial charge < -0.3 is 4.90 Å². The quantitative estimate of drug-likeness (QED) is 0.672. The monoisotopic (exact) mass is 205 g/mol. The molecule has 2 atom stereocenters. The molecule has 0 aromatic heterocycles. The summed E-state index contributed by atoms with van der Waals surface area (Å²) < 4.78 is 22.6. The van der Waals surface area contributed by atoms with Crippen molar-refractivity contribution in [2.45, 2.75) is 38.0 Å². The van der Waals surface area contributed by atoms with Crippen molar-refractivity contribution in [3.05, 3.63) is 0 Å². The molecule has 1 rings (SSSR count). The highest BCUT2D eigenvalue weighted by molar-refractivity contribution is 7.91. The van der Waals surface area contributed by atoms with E-state index in [1.165, 1.54) is 6.26 Å². The Bertz CT molecular complexity index is 261. The van der Waals surface area contributed by atoms with Crippen LogP contribution >= 0.6 is 0 Å². The number of likely N-dealkylation sites (tertiary alicyclic amines) is 1. The van der Waals surface area contributed by atoms with Gasteiger partial charge in [-0.15, -0.1) is 0 Å². The molecule has 0 aromatic carbocycles. The number of hydrogen-bond donors (Lipinski definition) is 0. The summed E-state index contributed by atoms with van der Waals surface area (Å²) >= 11 is 0. The van der Waals surface area contributed by atoms with E-state index < -0.39 is 9.84 Å². The van der Waals surface area contributed by atoms with Crippen LogP contribution in [0.25, 0.3) is 0 Å². The van der Waals surface area contributed by atoms with Crippen LogP contribution in [0, 0.1) is 0 Å². The lowest BCUT2D eigenvalue weighted by molar-refractivity contribution is 0.171. The minimum atomic E-state index is -2.82. The Morgan fingerprint density at radius 3 is 2.46 bits per heavy atom. The Morgan fingerprint density at radius 1 is 1.46 bits per heavy atom. The van der Waals surface area contributed by atoms with Gasteiger partial charge in [-0.1, -0.05) is 6.92 Å². The van der Waals surface area contributed by atoms with Gasteiger partial charge in [0.25, 0.3) is 0 Å². The van der Waals surface area contributed by atoms with E-state index in [-0.39, 0.29) is 5.25 Å². The van der Waals surface area contributed by atoms with Crippen molar-refractivity contribution >= 4 is 9.84 Å².